The molecule has 1 aliphatic rings. The van der Waals surface area contributed by atoms with Crippen LogP contribution in [-0.2, 0) is 17.8 Å². The van der Waals surface area contributed by atoms with Crippen molar-refractivity contribution in [3.05, 3.63) is 71.5 Å². The molecule has 0 aromatic heterocycles. The average Bonchev–Trinajstić information content (AvgIpc) is 3.12. The van der Waals surface area contributed by atoms with Gasteiger partial charge in [-0.25, -0.2) is 9.18 Å². The summed E-state index contributed by atoms with van der Waals surface area (Å²) in [6, 6.07) is 16.0. The lowest BCUT2D eigenvalue weighted by molar-refractivity contribution is -0.120. The van der Waals surface area contributed by atoms with Crippen LogP contribution in [0.2, 0.25) is 0 Å². The molecule has 1 saturated heterocycles. The molecule has 6 heteroatoms. The van der Waals surface area contributed by atoms with Gasteiger partial charge in [-0.2, -0.15) is 0 Å². The minimum Gasteiger partial charge on any atom is -0.334 e. The van der Waals surface area contributed by atoms with Crippen molar-refractivity contribution in [2.75, 3.05) is 13.1 Å². The molecule has 2 aromatic carbocycles. The van der Waals surface area contributed by atoms with Gasteiger partial charge in [-0.3, -0.25) is 15.0 Å². The maximum Gasteiger partial charge on any atom is 0.321 e. The lowest BCUT2D eigenvalue weighted by Crippen LogP contribution is -2.41. The maximum absolute atomic E-state index is 13.4. The Labute approximate surface area is 164 Å². The maximum atomic E-state index is 13.4. The van der Waals surface area contributed by atoms with Crippen LogP contribution < -0.4 is 10.6 Å². The zero-order chi connectivity index (χ0) is 19.8. The van der Waals surface area contributed by atoms with E-state index in [1.54, 1.807) is 12.1 Å². The lowest BCUT2D eigenvalue weighted by atomic mass is 10.0. The Morgan fingerprint density at radius 2 is 1.86 bits per heavy atom. The Morgan fingerprint density at radius 3 is 2.64 bits per heavy atom. The SMILES string of the molecule is O=C(CCN1CCCC1Cc1cccc(F)c1)NC(=O)NCc1ccccc1. The molecule has 1 aliphatic heterocycles. The summed E-state index contributed by atoms with van der Waals surface area (Å²) >= 11 is 0. The van der Waals surface area contributed by atoms with Crippen molar-refractivity contribution in [2.45, 2.75) is 38.3 Å². The summed E-state index contributed by atoms with van der Waals surface area (Å²) in [5.41, 5.74) is 1.95. The second-order valence-corrected chi connectivity index (χ2v) is 7.13. The molecule has 1 unspecified atom stereocenters. The van der Waals surface area contributed by atoms with Crippen LogP contribution in [0.5, 0.6) is 0 Å². The smallest absolute Gasteiger partial charge is 0.321 e. The van der Waals surface area contributed by atoms with Crippen LogP contribution in [0.4, 0.5) is 9.18 Å². The number of imide groups is 1. The first-order chi connectivity index (χ1) is 13.6. The first-order valence-corrected chi connectivity index (χ1v) is 9.70. The van der Waals surface area contributed by atoms with E-state index in [9.17, 15) is 14.0 Å². The highest BCUT2D eigenvalue weighted by Gasteiger charge is 2.25. The van der Waals surface area contributed by atoms with Crippen molar-refractivity contribution in [3.8, 4) is 0 Å². The predicted octanol–water partition coefficient (Wildman–Crippen LogP) is 3.25. The van der Waals surface area contributed by atoms with E-state index in [2.05, 4.69) is 15.5 Å². The van der Waals surface area contributed by atoms with Gasteiger partial charge in [-0.05, 0) is 49.1 Å². The number of carbonyl (C=O) groups excluding carboxylic acids is 2. The van der Waals surface area contributed by atoms with Crippen LogP contribution in [-0.4, -0.2) is 36.0 Å². The number of urea groups is 1. The summed E-state index contributed by atoms with van der Waals surface area (Å²) < 4.78 is 13.4. The molecule has 28 heavy (non-hydrogen) atoms. The van der Waals surface area contributed by atoms with Crippen molar-refractivity contribution < 1.29 is 14.0 Å². The number of amides is 3. The van der Waals surface area contributed by atoms with E-state index in [-0.39, 0.29) is 18.1 Å². The fourth-order valence-corrected chi connectivity index (χ4v) is 3.61. The molecule has 0 saturated carbocycles. The van der Waals surface area contributed by atoms with Gasteiger partial charge in [-0.1, -0.05) is 42.5 Å². The van der Waals surface area contributed by atoms with Crippen LogP contribution in [0.3, 0.4) is 0 Å². The lowest BCUT2D eigenvalue weighted by Gasteiger charge is -2.24. The molecule has 1 atom stereocenters. The van der Waals surface area contributed by atoms with E-state index in [1.165, 1.54) is 6.07 Å². The van der Waals surface area contributed by atoms with Gasteiger partial charge in [0.1, 0.15) is 5.82 Å². The van der Waals surface area contributed by atoms with Crippen molar-refractivity contribution in [1.82, 2.24) is 15.5 Å². The van der Waals surface area contributed by atoms with E-state index in [4.69, 9.17) is 0 Å². The quantitative estimate of drug-likeness (QED) is 0.772. The van der Waals surface area contributed by atoms with Gasteiger partial charge in [0.25, 0.3) is 0 Å². The number of nitrogens with one attached hydrogen (secondary N) is 2. The monoisotopic (exact) mass is 383 g/mol. The minimum atomic E-state index is -0.480. The first kappa shape index (κ1) is 20.0. The minimum absolute atomic E-state index is 0.220. The number of rotatable bonds is 7. The fourth-order valence-electron chi connectivity index (χ4n) is 3.61. The highest BCUT2D eigenvalue weighted by atomic mass is 19.1. The summed E-state index contributed by atoms with van der Waals surface area (Å²) in [5.74, 6) is -0.509. The Hall–Kier alpha value is -2.73. The molecule has 2 aromatic rings. The van der Waals surface area contributed by atoms with E-state index < -0.39 is 6.03 Å². The molecule has 5 nitrogen and oxygen atoms in total. The number of likely N-dealkylation sites (tertiary alicyclic amines) is 1. The third-order valence-electron chi connectivity index (χ3n) is 5.03. The van der Waals surface area contributed by atoms with Crippen molar-refractivity contribution in [2.24, 2.45) is 0 Å². The number of hydrogen-bond donors (Lipinski definition) is 2. The number of carbonyl (C=O) groups is 2. The summed E-state index contributed by atoms with van der Waals surface area (Å²) in [6.45, 7) is 1.90. The Balaban J connectivity index is 1.40. The number of halogens is 1. The third kappa shape index (κ3) is 6.16. The summed E-state index contributed by atoms with van der Waals surface area (Å²) in [7, 11) is 0. The number of benzene rings is 2. The molecule has 1 heterocycles. The van der Waals surface area contributed by atoms with E-state index in [0.717, 1.165) is 36.9 Å². The summed E-state index contributed by atoms with van der Waals surface area (Å²) in [4.78, 5) is 26.2. The molecule has 0 bridgehead atoms. The summed E-state index contributed by atoms with van der Waals surface area (Å²) in [5, 5.41) is 5.07. The second kappa shape index (κ2) is 9.99. The Bertz CT molecular complexity index is 797. The summed E-state index contributed by atoms with van der Waals surface area (Å²) in [6.07, 6.45) is 3.14. The van der Waals surface area contributed by atoms with Gasteiger partial charge in [0, 0.05) is 25.6 Å². The first-order valence-electron chi connectivity index (χ1n) is 9.70. The number of nitrogens with zero attached hydrogens (tertiary/aromatic N) is 1. The normalized spacial score (nSPS) is 16.7. The molecule has 3 rings (SSSR count). The van der Waals surface area contributed by atoms with Crippen molar-refractivity contribution in [1.29, 1.82) is 0 Å². The Kier molecular flexibility index (Phi) is 7.14. The topological polar surface area (TPSA) is 61.4 Å². The van der Waals surface area contributed by atoms with Crippen LogP contribution >= 0.6 is 0 Å². The second-order valence-electron chi connectivity index (χ2n) is 7.13. The zero-order valence-electron chi connectivity index (χ0n) is 15.9. The highest BCUT2D eigenvalue weighted by Crippen LogP contribution is 2.21. The molecule has 0 aliphatic carbocycles. The van der Waals surface area contributed by atoms with E-state index >= 15 is 0 Å². The van der Waals surface area contributed by atoms with Crippen molar-refractivity contribution in [3.63, 3.8) is 0 Å². The molecule has 148 valence electrons. The van der Waals surface area contributed by atoms with Crippen LogP contribution in [0.25, 0.3) is 0 Å². The molecule has 0 radical (unpaired) electrons. The average molecular weight is 383 g/mol. The predicted molar refractivity (Wildman–Crippen MR) is 106 cm³/mol. The van der Waals surface area contributed by atoms with E-state index in [1.807, 2.05) is 36.4 Å². The molecule has 3 amide bonds. The highest BCUT2D eigenvalue weighted by molar-refractivity contribution is 5.94. The molecular formula is C22H26FN3O2. The third-order valence-corrected chi connectivity index (χ3v) is 5.03. The fraction of sp³-hybridized carbons (Fsp3) is 0.364. The van der Waals surface area contributed by atoms with Crippen molar-refractivity contribution >= 4 is 11.9 Å². The van der Waals surface area contributed by atoms with Gasteiger partial charge in [-0.15, -0.1) is 0 Å². The van der Waals surface area contributed by atoms with Crippen LogP contribution in [0, 0.1) is 5.82 Å². The van der Waals surface area contributed by atoms with Gasteiger partial charge < -0.3 is 5.32 Å². The van der Waals surface area contributed by atoms with Gasteiger partial charge >= 0.3 is 6.03 Å². The van der Waals surface area contributed by atoms with Gasteiger partial charge in [0.2, 0.25) is 5.91 Å². The number of hydrogen-bond acceptors (Lipinski definition) is 3. The largest absolute Gasteiger partial charge is 0.334 e. The van der Waals surface area contributed by atoms with Crippen LogP contribution in [0.15, 0.2) is 54.6 Å². The molecule has 1 fully saturated rings. The van der Waals surface area contributed by atoms with Gasteiger partial charge in [0.15, 0.2) is 0 Å². The molecule has 2 N–H and O–H groups in total. The molecular weight excluding hydrogens is 357 g/mol. The van der Waals surface area contributed by atoms with Gasteiger partial charge in [0.05, 0.1) is 0 Å². The standard InChI is InChI=1S/C22H26FN3O2/c23-19-9-4-8-18(14-19)15-20-10-5-12-26(20)13-11-21(27)25-22(28)24-16-17-6-2-1-3-7-17/h1-4,6-9,14,20H,5,10-13,15-16H2,(H2,24,25,27,28). The molecule has 0 spiro atoms. The zero-order valence-corrected chi connectivity index (χ0v) is 15.9. The van der Waals surface area contributed by atoms with E-state index in [0.29, 0.717) is 19.1 Å². The van der Waals surface area contributed by atoms with Crippen LogP contribution in [0.1, 0.15) is 30.4 Å². The Morgan fingerprint density at radius 1 is 1.07 bits per heavy atom.